The number of rotatable bonds is 6. The number of benzene rings is 2. The zero-order valence-corrected chi connectivity index (χ0v) is 12.0. The average molecular weight is 263 g/mol. The molecule has 0 aliphatic heterocycles. The summed E-state index contributed by atoms with van der Waals surface area (Å²) in [7, 11) is 0. The SMILES string of the molecule is C#Cc1cccc(NC(CCCC)c2ccccc2)c1. The Morgan fingerprint density at radius 2 is 1.90 bits per heavy atom. The Morgan fingerprint density at radius 1 is 1.10 bits per heavy atom. The van der Waals surface area contributed by atoms with Crippen molar-refractivity contribution in [1.29, 1.82) is 0 Å². The first-order chi connectivity index (χ1) is 9.83. The number of nitrogens with one attached hydrogen (secondary N) is 1. The largest absolute Gasteiger partial charge is 0.378 e. The zero-order valence-electron chi connectivity index (χ0n) is 12.0. The van der Waals surface area contributed by atoms with Crippen LogP contribution >= 0.6 is 0 Å². The summed E-state index contributed by atoms with van der Waals surface area (Å²) in [6, 6.07) is 19.0. The van der Waals surface area contributed by atoms with Crippen LogP contribution in [-0.4, -0.2) is 0 Å². The van der Waals surface area contributed by atoms with E-state index in [-0.39, 0.29) is 0 Å². The van der Waals surface area contributed by atoms with E-state index in [9.17, 15) is 0 Å². The molecular weight excluding hydrogens is 242 g/mol. The molecule has 0 aliphatic rings. The third kappa shape index (κ3) is 3.90. The second-order valence-electron chi connectivity index (χ2n) is 4.97. The van der Waals surface area contributed by atoms with Gasteiger partial charge in [0.05, 0.1) is 6.04 Å². The third-order valence-corrected chi connectivity index (χ3v) is 3.42. The molecule has 0 aromatic heterocycles. The molecule has 0 aliphatic carbocycles. The van der Waals surface area contributed by atoms with Gasteiger partial charge < -0.3 is 5.32 Å². The van der Waals surface area contributed by atoms with Gasteiger partial charge in [0.15, 0.2) is 0 Å². The van der Waals surface area contributed by atoms with Crippen molar-refractivity contribution < 1.29 is 0 Å². The van der Waals surface area contributed by atoms with Crippen LogP contribution in [0.1, 0.15) is 43.4 Å². The molecule has 0 amide bonds. The monoisotopic (exact) mass is 263 g/mol. The Labute approximate surface area is 122 Å². The van der Waals surface area contributed by atoms with Crippen molar-refractivity contribution >= 4 is 5.69 Å². The van der Waals surface area contributed by atoms with Crippen LogP contribution < -0.4 is 5.32 Å². The van der Waals surface area contributed by atoms with Crippen molar-refractivity contribution in [1.82, 2.24) is 0 Å². The Bertz CT molecular complexity index is 566. The van der Waals surface area contributed by atoms with Gasteiger partial charge in [0.1, 0.15) is 0 Å². The molecule has 0 radical (unpaired) electrons. The molecule has 2 aromatic carbocycles. The summed E-state index contributed by atoms with van der Waals surface area (Å²) >= 11 is 0. The number of anilines is 1. The molecule has 102 valence electrons. The maximum absolute atomic E-state index is 5.46. The zero-order chi connectivity index (χ0) is 14.2. The lowest BCUT2D eigenvalue weighted by Crippen LogP contribution is -2.10. The van der Waals surface area contributed by atoms with Crippen LogP contribution in [0.3, 0.4) is 0 Å². The van der Waals surface area contributed by atoms with Crippen molar-refractivity contribution in [2.45, 2.75) is 32.2 Å². The van der Waals surface area contributed by atoms with Gasteiger partial charge in [-0.3, -0.25) is 0 Å². The first-order valence-corrected chi connectivity index (χ1v) is 7.21. The summed E-state index contributed by atoms with van der Waals surface area (Å²) in [5, 5.41) is 3.61. The van der Waals surface area contributed by atoms with Crippen molar-refractivity contribution in [2.75, 3.05) is 5.32 Å². The summed E-state index contributed by atoms with van der Waals surface area (Å²) < 4.78 is 0. The van der Waals surface area contributed by atoms with Gasteiger partial charge in [0.2, 0.25) is 0 Å². The molecule has 0 bridgehead atoms. The summed E-state index contributed by atoms with van der Waals surface area (Å²) in [5.41, 5.74) is 3.33. The Balaban J connectivity index is 2.17. The maximum Gasteiger partial charge on any atom is 0.0513 e. The van der Waals surface area contributed by atoms with Gasteiger partial charge in [-0.05, 0) is 30.2 Å². The second-order valence-corrected chi connectivity index (χ2v) is 4.97. The molecule has 20 heavy (non-hydrogen) atoms. The van der Waals surface area contributed by atoms with E-state index < -0.39 is 0 Å². The average Bonchev–Trinajstić information content (AvgIpc) is 2.52. The van der Waals surface area contributed by atoms with Crippen molar-refractivity contribution in [3.8, 4) is 12.3 Å². The Hall–Kier alpha value is -2.20. The first kappa shape index (κ1) is 14.2. The van der Waals surface area contributed by atoms with E-state index in [4.69, 9.17) is 6.42 Å². The van der Waals surface area contributed by atoms with Gasteiger partial charge >= 0.3 is 0 Å². The van der Waals surface area contributed by atoms with Gasteiger partial charge in [-0.2, -0.15) is 0 Å². The van der Waals surface area contributed by atoms with Crippen LogP contribution in [0.2, 0.25) is 0 Å². The minimum atomic E-state index is 0.337. The second kappa shape index (κ2) is 7.40. The van der Waals surface area contributed by atoms with Crippen LogP contribution in [-0.2, 0) is 0 Å². The maximum atomic E-state index is 5.46. The van der Waals surface area contributed by atoms with Crippen molar-refractivity contribution in [3.63, 3.8) is 0 Å². The summed E-state index contributed by atoms with van der Waals surface area (Å²) in [4.78, 5) is 0. The smallest absolute Gasteiger partial charge is 0.0513 e. The molecule has 1 unspecified atom stereocenters. The fourth-order valence-electron chi connectivity index (χ4n) is 2.32. The standard InChI is InChI=1S/C19H21N/c1-3-5-14-19(17-11-7-6-8-12-17)20-18-13-9-10-16(4-2)15-18/h2,6-13,15,19-20H,3,5,14H2,1H3. The minimum Gasteiger partial charge on any atom is -0.378 e. The lowest BCUT2D eigenvalue weighted by Gasteiger charge is -2.20. The highest BCUT2D eigenvalue weighted by Gasteiger charge is 2.10. The van der Waals surface area contributed by atoms with E-state index in [2.05, 4.69) is 54.6 Å². The molecule has 0 saturated carbocycles. The lowest BCUT2D eigenvalue weighted by molar-refractivity contribution is 0.634. The summed E-state index contributed by atoms with van der Waals surface area (Å²) in [5.74, 6) is 2.68. The van der Waals surface area contributed by atoms with Gasteiger partial charge in [0.25, 0.3) is 0 Å². The number of terminal acetylenes is 1. The van der Waals surface area contributed by atoms with E-state index in [1.807, 2.05) is 18.2 Å². The molecule has 1 N–H and O–H groups in total. The molecule has 0 heterocycles. The molecule has 1 atom stereocenters. The van der Waals surface area contributed by atoms with E-state index in [0.717, 1.165) is 17.7 Å². The molecule has 1 heteroatoms. The molecule has 0 saturated heterocycles. The normalized spacial score (nSPS) is 11.6. The predicted molar refractivity (Wildman–Crippen MR) is 86.7 cm³/mol. The number of unbranched alkanes of at least 4 members (excludes halogenated alkanes) is 1. The molecule has 0 spiro atoms. The van der Waals surface area contributed by atoms with Gasteiger partial charge in [-0.25, -0.2) is 0 Å². The van der Waals surface area contributed by atoms with Crippen LogP contribution in [0.25, 0.3) is 0 Å². The summed E-state index contributed by atoms with van der Waals surface area (Å²) in [6.07, 6.45) is 9.00. The topological polar surface area (TPSA) is 12.0 Å². The van der Waals surface area contributed by atoms with E-state index in [1.54, 1.807) is 0 Å². The van der Waals surface area contributed by atoms with Crippen LogP contribution in [0.5, 0.6) is 0 Å². The quantitative estimate of drug-likeness (QED) is 0.722. The molecule has 2 rings (SSSR count). The fraction of sp³-hybridized carbons (Fsp3) is 0.263. The highest BCUT2D eigenvalue weighted by atomic mass is 14.9. The Kier molecular flexibility index (Phi) is 5.26. The molecular formula is C19H21N. The van der Waals surface area contributed by atoms with Gasteiger partial charge in [-0.1, -0.05) is 62.1 Å². The highest BCUT2D eigenvalue weighted by molar-refractivity contribution is 5.51. The highest BCUT2D eigenvalue weighted by Crippen LogP contribution is 2.24. The van der Waals surface area contributed by atoms with Crippen molar-refractivity contribution in [3.05, 3.63) is 65.7 Å². The van der Waals surface area contributed by atoms with Crippen LogP contribution in [0, 0.1) is 12.3 Å². The molecule has 2 aromatic rings. The first-order valence-electron chi connectivity index (χ1n) is 7.21. The van der Waals surface area contributed by atoms with E-state index >= 15 is 0 Å². The van der Waals surface area contributed by atoms with Gasteiger partial charge in [-0.15, -0.1) is 6.42 Å². The van der Waals surface area contributed by atoms with E-state index in [1.165, 1.54) is 18.4 Å². The van der Waals surface area contributed by atoms with E-state index in [0.29, 0.717) is 6.04 Å². The fourth-order valence-corrected chi connectivity index (χ4v) is 2.32. The van der Waals surface area contributed by atoms with Crippen LogP contribution in [0.15, 0.2) is 54.6 Å². The number of hydrogen-bond acceptors (Lipinski definition) is 1. The third-order valence-electron chi connectivity index (χ3n) is 3.42. The number of hydrogen-bond donors (Lipinski definition) is 1. The van der Waals surface area contributed by atoms with Gasteiger partial charge in [0, 0.05) is 11.3 Å². The Morgan fingerprint density at radius 3 is 2.60 bits per heavy atom. The lowest BCUT2D eigenvalue weighted by atomic mass is 10.0. The summed E-state index contributed by atoms with van der Waals surface area (Å²) in [6.45, 7) is 2.22. The van der Waals surface area contributed by atoms with Crippen molar-refractivity contribution in [2.24, 2.45) is 0 Å². The minimum absolute atomic E-state index is 0.337. The predicted octanol–water partition coefficient (Wildman–Crippen LogP) is 5.01. The van der Waals surface area contributed by atoms with Crippen LogP contribution in [0.4, 0.5) is 5.69 Å². The molecule has 1 nitrogen and oxygen atoms in total. The molecule has 0 fully saturated rings.